The molecule has 3 unspecified atom stereocenters. The number of carbonyl (C=O) groups is 1. The normalized spacial score (nSPS) is 23.7. The third kappa shape index (κ3) is 3.79. The SMILES string of the molecule is CC(Cc1ccccc1F)NCC1CCCC1C(=O)O. The molecule has 3 atom stereocenters. The molecule has 1 saturated carbocycles. The molecular weight excluding hydrogens is 257 g/mol. The molecule has 1 aromatic carbocycles. The fourth-order valence-electron chi connectivity index (χ4n) is 3.02. The number of hydrogen-bond acceptors (Lipinski definition) is 2. The standard InChI is InChI=1S/C16H22FNO2/c1-11(9-12-5-2-3-8-15(12)17)18-10-13-6-4-7-14(13)16(19)20/h2-3,5,8,11,13-14,18H,4,6-7,9-10H2,1H3,(H,19,20). The predicted octanol–water partition coefficient (Wildman–Crippen LogP) is 2.85. The van der Waals surface area contributed by atoms with Gasteiger partial charge < -0.3 is 10.4 Å². The molecule has 1 fully saturated rings. The third-order valence-electron chi connectivity index (χ3n) is 4.19. The molecule has 110 valence electrons. The summed E-state index contributed by atoms with van der Waals surface area (Å²) < 4.78 is 13.6. The molecule has 0 heterocycles. The van der Waals surface area contributed by atoms with Crippen molar-refractivity contribution in [3.63, 3.8) is 0 Å². The summed E-state index contributed by atoms with van der Waals surface area (Å²) in [7, 11) is 0. The summed E-state index contributed by atoms with van der Waals surface area (Å²) >= 11 is 0. The van der Waals surface area contributed by atoms with Crippen LogP contribution >= 0.6 is 0 Å². The highest BCUT2D eigenvalue weighted by Crippen LogP contribution is 2.31. The average molecular weight is 279 g/mol. The molecule has 1 aromatic rings. The van der Waals surface area contributed by atoms with Crippen LogP contribution in [0.5, 0.6) is 0 Å². The largest absolute Gasteiger partial charge is 0.481 e. The molecular formula is C16H22FNO2. The summed E-state index contributed by atoms with van der Waals surface area (Å²) in [6, 6.07) is 6.93. The smallest absolute Gasteiger partial charge is 0.306 e. The minimum Gasteiger partial charge on any atom is -0.481 e. The van der Waals surface area contributed by atoms with Crippen molar-refractivity contribution in [1.82, 2.24) is 5.32 Å². The van der Waals surface area contributed by atoms with Crippen LogP contribution in [-0.4, -0.2) is 23.7 Å². The van der Waals surface area contributed by atoms with Gasteiger partial charge in [0.15, 0.2) is 0 Å². The number of halogens is 1. The number of rotatable bonds is 6. The van der Waals surface area contributed by atoms with Crippen LogP contribution in [0.4, 0.5) is 4.39 Å². The minimum absolute atomic E-state index is 0.141. The average Bonchev–Trinajstić information content (AvgIpc) is 2.88. The first kappa shape index (κ1) is 15.0. The molecule has 20 heavy (non-hydrogen) atoms. The molecule has 0 aliphatic heterocycles. The second kappa shape index (κ2) is 6.84. The zero-order valence-electron chi connectivity index (χ0n) is 11.8. The second-order valence-electron chi connectivity index (χ2n) is 5.74. The fraction of sp³-hybridized carbons (Fsp3) is 0.562. The molecule has 0 spiro atoms. The lowest BCUT2D eigenvalue weighted by molar-refractivity contribution is -0.142. The maximum Gasteiger partial charge on any atom is 0.306 e. The number of hydrogen-bond donors (Lipinski definition) is 2. The lowest BCUT2D eigenvalue weighted by Gasteiger charge is -2.20. The predicted molar refractivity (Wildman–Crippen MR) is 76.0 cm³/mol. The number of aliphatic carboxylic acids is 1. The Hall–Kier alpha value is -1.42. The van der Waals surface area contributed by atoms with Crippen LogP contribution in [-0.2, 0) is 11.2 Å². The summed E-state index contributed by atoms with van der Waals surface area (Å²) in [6.07, 6.45) is 3.36. The third-order valence-corrected chi connectivity index (χ3v) is 4.19. The van der Waals surface area contributed by atoms with E-state index >= 15 is 0 Å². The Balaban J connectivity index is 1.82. The molecule has 1 aliphatic carbocycles. The number of benzene rings is 1. The Kier molecular flexibility index (Phi) is 5.12. The highest BCUT2D eigenvalue weighted by atomic mass is 19.1. The van der Waals surface area contributed by atoms with Gasteiger partial charge in [-0.3, -0.25) is 4.79 Å². The van der Waals surface area contributed by atoms with Crippen molar-refractivity contribution in [2.45, 2.75) is 38.6 Å². The van der Waals surface area contributed by atoms with E-state index in [0.29, 0.717) is 18.5 Å². The van der Waals surface area contributed by atoms with E-state index in [0.717, 1.165) is 19.3 Å². The Labute approximate surface area is 119 Å². The van der Waals surface area contributed by atoms with Gasteiger partial charge in [-0.25, -0.2) is 4.39 Å². The first-order valence-electron chi connectivity index (χ1n) is 7.27. The van der Waals surface area contributed by atoms with Crippen molar-refractivity contribution in [1.29, 1.82) is 0 Å². The van der Waals surface area contributed by atoms with Crippen LogP contribution in [0.15, 0.2) is 24.3 Å². The van der Waals surface area contributed by atoms with Crippen LogP contribution < -0.4 is 5.32 Å². The Morgan fingerprint density at radius 1 is 1.45 bits per heavy atom. The number of carboxylic acid groups (broad SMARTS) is 1. The van der Waals surface area contributed by atoms with Gasteiger partial charge in [0, 0.05) is 6.04 Å². The summed E-state index contributed by atoms with van der Waals surface area (Å²) in [5, 5.41) is 12.5. The van der Waals surface area contributed by atoms with Gasteiger partial charge in [0.05, 0.1) is 5.92 Å². The van der Waals surface area contributed by atoms with Gasteiger partial charge in [0.2, 0.25) is 0 Å². The first-order valence-corrected chi connectivity index (χ1v) is 7.27. The Bertz CT molecular complexity index is 464. The Morgan fingerprint density at radius 3 is 2.90 bits per heavy atom. The summed E-state index contributed by atoms with van der Waals surface area (Å²) in [5.41, 5.74) is 0.703. The van der Waals surface area contributed by atoms with E-state index in [-0.39, 0.29) is 23.7 Å². The van der Waals surface area contributed by atoms with Gasteiger partial charge in [-0.15, -0.1) is 0 Å². The summed E-state index contributed by atoms with van der Waals surface area (Å²) in [5.74, 6) is -0.875. The summed E-state index contributed by atoms with van der Waals surface area (Å²) in [4.78, 5) is 11.1. The van der Waals surface area contributed by atoms with Crippen molar-refractivity contribution < 1.29 is 14.3 Å². The topological polar surface area (TPSA) is 49.3 Å². The van der Waals surface area contributed by atoms with E-state index in [4.69, 9.17) is 5.11 Å². The molecule has 3 nitrogen and oxygen atoms in total. The maximum absolute atomic E-state index is 13.6. The molecule has 2 rings (SSSR count). The van der Waals surface area contributed by atoms with Crippen LogP contribution in [0.1, 0.15) is 31.7 Å². The molecule has 0 saturated heterocycles. The lowest BCUT2D eigenvalue weighted by atomic mass is 9.95. The van der Waals surface area contributed by atoms with Gasteiger partial charge in [-0.2, -0.15) is 0 Å². The van der Waals surface area contributed by atoms with Crippen molar-refractivity contribution >= 4 is 5.97 Å². The summed E-state index contributed by atoms with van der Waals surface area (Å²) in [6.45, 7) is 2.71. The van der Waals surface area contributed by atoms with E-state index in [1.54, 1.807) is 12.1 Å². The van der Waals surface area contributed by atoms with E-state index in [9.17, 15) is 9.18 Å². The van der Waals surface area contributed by atoms with Crippen molar-refractivity contribution in [3.8, 4) is 0 Å². The fourth-order valence-corrected chi connectivity index (χ4v) is 3.02. The zero-order chi connectivity index (χ0) is 14.5. The van der Waals surface area contributed by atoms with E-state index in [1.807, 2.05) is 13.0 Å². The van der Waals surface area contributed by atoms with Crippen molar-refractivity contribution in [2.75, 3.05) is 6.54 Å². The van der Waals surface area contributed by atoms with Gasteiger partial charge in [-0.1, -0.05) is 24.6 Å². The molecule has 1 aliphatic rings. The maximum atomic E-state index is 13.6. The number of nitrogens with one attached hydrogen (secondary N) is 1. The van der Waals surface area contributed by atoms with Crippen molar-refractivity contribution in [2.24, 2.45) is 11.8 Å². The van der Waals surface area contributed by atoms with Crippen LogP contribution in [0.25, 0.3) is 0 Å². The Morgan fingerprint density at radius 2 is 2.20 bits per heavy atom. The molecule has 4 heteroatoms. The molecule has 0 bridgehead atoms. The van der Waals surface area contributed by atoms with Crippen molar-refractivity contribution in [3.05, 3.63) is 35.6 Å². The first-order chi connectivity index (χ1) is 9.58. The lowest BCUT2D eigenvalue weighted by Crippen LogP contribution is -2.35. The van der Waals surface area contributed by atoms with Crippen LogP contribution in [0, 0.1) is 17.7 Å². The minimum atomic E-state index is -0.684. The monoisotopic (exact) mass is 279 g/mol. The van der Waals surface area contributed by atoms with Gasteiger partial charge in [0.25, 0.3) is 0 Å². The van der Waals surface area contributed by atoms with E-state index in [1.165, 1.54) is 6.07 Å². The van der Waals surface area contributed by atoms with Crippen LogP contribution in [0.3, 0.4) is 0 Å². The molecule has 0 aromatic heterocycles. The molecule has 0 radical (unpaired) electrons. The second-order valence-corrected chi connectivity index (χ2v) is 5.74. The number of carboxylic acids is 1. The quantitative estimate of drug-likeness (QED) is 0.842. The molecule has 0 amide bonds. The zero-order valence-corrected chi connectivity index (χ0v) is 11.8. The van der Waals surface area contributed by atoms with Gasteiger partial charge >= 0.3 is 5.97 Å². The highest BCUT2D eigenvalue weighted by Gasteiger charge is 2.32. The van der Waals surface area contributed by atoms with Gasteiger partial charge in [-0.05, 0) is 50.3 Å². The van der Waals surface area contributed by atoms with Gasteiger partial charge in [0.1, 0.15) is 5.82 Å². The van der Waals surface area contributed by atoms with Crippen LogP contribution in [0.2, 0.25) is 0 Å². The molecule has 2 N–H and O–H groups in total. The van der Waals surface area contributed by atoms with E-state index in [2.05, 4.69) is 5.32 Å². The highest BCUT2D eigenvalue weighted by molar-refractivity contribution is 5.70. The van der Waals surface area contributed by atoms with E-state index < -0.39 is 5.97 Å².